The van der Waals surface area contributed by atoms with Crippen molar-refractivity contribution >= 4 is 11.9 Å². The van der Waals surface area contributed by atoms with Crippen LogP contribution in [0.2, 0.25) is 0 Å². The van der Waals surface area contributed by atoms with Crippen LogP contribution in [0.15, 0.2) is 0 Å². The van der Waals surface area contributed by atoms with Crippen molar-refractivity contribution in [3.05, 3.63) is 0 Å². The molecule has 1 atom stereocenters. The molecule has 1 unspecified atom stereocenters. The molecule has 0 aliphatic carbocycles. The molecule has 0 aliphatic heterocycles. The summed E-state index contributed by atoms with van der Waals surface area (Å²) >= 11 is 0. The average molecular weight is 847 g/mol. The summed E-state index contributed by atoms with van der Waals surface area (Å²) in [7, 11) is 0. The van der Waals surface area contributed by atoms with Crippen LogP contribution in [0.3, 0.4) is 0 Å². The molecule has 0 amide bonds. The van der Waals surface area contributed by atoms with Gasteiger partial charge < -0.3 is 9.47 Å². The minimum absolute atomic E-state index is 0.0637. The van der Waals surface area contributed by atoms with Crippen molar-refractivity contribution in [1.82, 2.24) is 0 Å². The Morgan fingerprint density at radius 3 is 1.09 bits per heavy atom. The highest BCUT2D eigenvalue weighted by atomic mass is 19.4. The van der Waals surface area contributed by atoms with Gasteiger partial charge in [-0.3, -0.25) is 9.59 Å². The van der Waals surface area contributed by atoms with Crippen molar-refractivity contribution in [2.75, 3.05) is 6.61 Å². The van der Waals surface area contributed by atoms with Crippen molar-refractivity contribution < 1.29 is 111 Å². The van der Waals surface area contributed by atoms with E-state index in [-0.39, 0.29) is 19.3 Å². The van der Waals surface area contributed by atoms with Crippen molar-refractivity contribution in [2.24, 2.45) is 0 Å². The van der Waals surface area contributed by atoms with Gasteiger partial charge in [-0.25, -0.2) is 0 Å². The monoisotopic (exact) mass is 846 g/mol. The summed E-state index contributed by atoms with van der Waals surface area (Å²) in [4.78, 5) is 24.1. The summed E-state index contributed by atoms with van der Waals surface area (Å²) in [5.41, 5.74) is 0. The second-order valence-electron chi connectivity index (χ2n) is 12.1. The van der Waals surface area contributed by atoms with Crippen LogP contribution in [0.5, 0.6) is 0 Å². The van der Waals surface area contributed by atoms with E-state index in [1.165, 1.54) is 0 Å². The van der Waals surface area contributed by atoms with Crippen LogP contribution >= 0.6 is 0 Å². The molecule has 322 valence electrons. The number of hydrogen-bond acceptors (Lipinski definition) is 4. The van der Waals surface area contributed by atoms with Crippen LogP contribution in [0.25, 0.3) is 0 Å². The van der Waals surface area contributed by atoms with Gasteiger partial charge in [0.1, 0.15) is 12.7 Å². The van der Waals surface area contributed by atoms with Crippen molar-refractivity contribution in [1.29, 1.82) is 0 Å². The quantitative estimate of drug-likeness (QED) is 0.0522. The lowest BCUT2D eigenvalue weighted by Crippen LogP contribution is -2.76. The van der Waals surface area contributed by atoms with Gasteiger partial charge in [0.2, 0.25) is 0 Å². The smallest absolute Gasteiger partial charge is 0.460 e. The lowest BCUT2D eigenvalue weighted by molar-refractivity contribution is -0.474. The number of hydrogen-bond donors (Lipinski definition) is 0. The zero-order valence-electron chi connectivity index (χ0n) is 28.0. The van der Waals surface area contributed by atoms with Crippen LogP contribution in [-0.4, -0.2) is 84.1 Å². The van der Waals surface area contributed by atoms with Gasteiger partial charge in [-0.1, -0.05) is 65.2 Å². The molecule has 0 aromatic carbocycles. The number of halogens is 21. The predicted molar refractivity (Wildman–Crippen MR) is 143 cm³/mol. The Bertz CT molecular complexity index is 1200. The van der Waals surface area contributed by atoms with E-state index in [1.807, 2.05) is 6.92 Å². The highest BCUT2D eigenvalue weighted by molar-refractivity contribution is 5.70. The Hall–Kier alpha value is -2.53. The first-order chi connectivity index (χ1) is 24.0. The number of alkyl halides is 21. The number of unbranched alkanes of at least 4 members (excludes halogenated alkanes) is 8. The lowest BCUT2D eigenvalue weighted by atomic mass is 9.85. The minimum Gasteiger partial charge on any atom is -0.462 e. The molecule has 4 nitrogen and oxygen atoms in total. The first-order valence-electron chi connectivity index (χ1n) is 15.9. The fourth-order valence-corrected chi connectivity index (χ4v) is 4.39. The van der Waals surface area contributed by atoms with Gasteiger partial charge in [-0.05, 0) is 12.8 Å². The predicted octanol–water partition coefficient (Wildman–Crippen LogP) is 11.8. The van der Waals surface area contributed by atoms with Crippen molar-refractivity contribution in [3.63, 3.8) is 0 Å². The fraction of sp³-hybridized carbons (Fsp3) is 0.931. The van der Waals surface area contributed by atoms with Gasteiger partial charge in [0.05, 0.1) is 6.42 Å². The zero-order valence-corrected chi connectivity index (χ0v) is 28.0. The normalized spacial score (nSPS) is 15.3. The van der Waals surface area contributed by atoms with Crippen LogP contribution < -0.4 is 0 Å². The van der Waals surface area contributed by atoms with E-state index in [0.29, 0.717) is 38.5 Å². The van der Waals surface area contributed by atoms with Gasteiger partial charge >= 0.3 is 71.4 Å². The maximum absolute atomic E-state index is 14.7. The largest absolute Gasteiger partial charge is 0.462 e. The molecule has 0 radical (unpaired) electrons. The Labute approximate surface area is 293 Å². The SMILES string of the molecule is CCCCCCCC(=O)OCC(CC(F)(F)C(F)(F)C(F)(F)C(F)(F)C(F)(F)C(F)(F)C(F)(F)C(F)(F)C(F)(F)C(F)(F)F)OC(=O)CCCCCCC. The third kappa shape index (κ3) is 10.3. The maximum atomic E-state index is 14.7. The molecule has 0 aromatic rings. The second-order valence-corrected chi connectivity index (χ2v) is 12.1. The second kappa shape index (κ2) is 18.2. The molecule has 0 saturated carbocycles. The fourth-order valence-electron chi connectivity index (χ4n) is 4.39. The standard InChI is InChI=1S/C29H35F21O4/c1-3-5-7-9-11-13-18(51)53-16-17(54-19(52)14-12-10-8-6-4-2)15-20(30,31)21(32,33)22(34,35)23(36,37)24(38,39)25(40,41)26(42,43)27(44,45)28(46,47)29(48,49)50/h17H,3-16H2,1-2H3. The van der Waals surface area contributed by atoms with Crippen molar-refractivity contribution in [3.8, 4) is 0 Å². The Morgan fingerprint density at radius 1 is 0.426 bits per heavy atom. The van der Waals surface area contributed by atoms with E-state index in [4.69, 9.17) is 0 Å². The topological polar surface area (TPSA) is 52.6 Å². The third-order valence-corrected chi connectivity index (χ3v) is 7.76. The van der Waals surface area contributed by atoms with Gasteiger partial charge in [-0.15, -0.1) is 0 Å². The van der Waals surface area contributed by atoms with Gasteiger partial charge in [0, 0.05) is 12.8 Å². The minimum atomic E-state index is -9.28. The molecule has 0 spiro atoms. The number of carbonyl (C=O) groups excluding carboxylic acids is 2. The van der Waals surface area contributed by atoms with Gasteiger partial charge in [-0.2, -0.15) is 92.2 Å². The van der Waals surface area contributed by atoms with Gasteiger partial charge in [0.25, 0.3) is 0 Å². The summed E-state index contributed by atoms with van der Waals surface area (Å²) in [5.74, 6) is -81.3. The molecule has 25 heteroatoms. The molecule has 0 rings (SSSR count). The van der Waals surface area contributed by atoms with E-state index < -0.39 is 103 Å². The summed E-state index contributed by atoms with van der Waals surface area (Å²) in [6.07, 6.45) is -11.2. The molecule has 0 aliphatic rings. The van der Waals surface area contributed by atoms with Crippen molar-refractivity contribution in [2.45, 2.75) is 163 Å². The highest BCUT2D eigenvalue weighted by Crippen LogP contribution is 2.66. The number of ether oxygens (including phenoxy) is 2. The van der Waals surface area contributed by atoms with Crippen LogP contribution in [-0.2, 0) is 19.1 Å². The molecule has 0 saturated heterocycles. The Kier molecular flexibility index (Phi) is 17.3. The molecule has 54 heavy (non-hydrogen) atoms. The molecule has 0 aromatic heterocycles. The summed E-state index contributed by atoms with van der Waals surface area (Å²) in [5, 5.41) is 0. The van der Waals surface area contributed by atoms with Crippen LogP contribution in [0.4, 0.5) is 92.2 Å². The van der Waals surface area contributed by atoms with Gasteiger partial charge in [0.15, 0.2) is 0 Å². The van der Waals surface area contributed by atoms with Crippen LogP contribution in [0.1, 0.15) is 97.3 Å². The maximum Gasteiger partial charge on any atom is 0.460 e. The number of carbonyl (C=O) groups is 2. The summed E-state index contributed by atoms with van der Waals surface area (Å²) in [6, 6.07) is 0. The van der Waals surface area contributed by atoms with E-state index in [0.717, 1.165) is 6.42 Å². The third-order valence-electron chi connectivity index (χ3n) is 7.76. The molecule has 0 bridgehead atoms. The molecule has 0 fully saturated rings. The lowest BCUT2D eigenvalue weighted by Gasteiger charge is -2.44. The molecular weight excluding hydrogens is 811 g/mol. The number of rotatable bonds is 25. The molecule has 0 N–H and O–H groups in total. The summed E-state index contributed by atoms with van der Waals surface area (Å²) < 4.78 is 298. The zero-order chi connectivity index (χ0) is 43.0. The van der Waals surface area contributed by atoms with E-state index in [2.05, 4.69) is 9.47 Å². The first kappa shape index (κ1) is 51.5. The highest BCUT2D eigenvalue weighted by Gasteiger charge is 2.97. The Balaban J connectivity index is 6.70. The first-order valence-corrected chi connectivity index (χ1v) is 15.9. The van der Waals surface area contributed by atoms with Crippen LogP contribution in [0, 0.1) is 0 Å². The Morgan fingerprint density at radius 2 is 0.741 bits per heavy atom. The van der Waals surface area contributed by atoms with E-state index in [1.54, 1.807) is 6.92 Å². The van der Waals surface area contributed by atoms with E-state index in [9.17, 15) is 102 Å². The number of esters is 2. The molecular formula is C29H35F21O4. The summed E-state index contributed by atoms with van der Waals surface area (Å²) in [6.45, 7) is 1.83. The average Bonchev–Trinajstić information content (AvgIpc) is 3.01. The molecule has 0 heterocycles. The van der Waals surface area contributed by atoms with E-state index >= 15 is 0 Å².